The Morgan fingerprint density at radius 1 is 1.05 bits per heavy atom. The Morgan fingerprint density at radius 2 is 1.65 bits per heavy atom. The molecule has 0 aliphatic heterocycles. The zero-order valence-electron chi connectivity index (χ0n) is 11.4. The summed E-state index contributed by atoms with van der Waals surface area (Å²) in [6, 6.07) is 0. The van der Waals surface area contributed by atoms with Crippen molar-refractivity contribution < 1.29 is 19.4 Å². The minimum Gasteiger partial charge on any atom is -0.481 e. The van der Waals surface area contributed by atoms with E-state index in [0.29, 0.717) is 16.7 Å². The molecule has 2 aliphatic rings. The highest BCUT2D eigenvalue weighted by atomic mass is 16.6. The highest BCUT2D eigenvalue weighted by Gasteiger charge is 2.28. The summed E-state index contributed by atoms with van der Waals surface area (Å²) >= 11 is 0. The monoisotopic (exact) mass is 272 g/mol. The van der Waals surface area contributed by atoms with Gasteiger partial charge in [0.05, 0.1) is 25.4 Å². The topological polar surface area (TPSA) is 55.8 Å². The highest BCUT2D eigenvalue weighted by Crippen LogP contribution is 2.32. The van der Waals surface area contributed by atoms with E-state index < -0.39 is 5.97 Å². The van der Waals surface area contributed by atoms with Gasteiger partial charge in [-0.05, 0) is 5.57 Å². The Morgan fingerprint density at radius 3 is 2.15 bits per heavy atom. The van der Waals surface area contributed by atoms with E-state index in [-0.39, 0.29) is 11.9 Å². The number of esters is 1. The molecule has 0 saturated heterocycles. The first kappa shape index (κ1) is 13.9. The van der Waals surface area contributed by atoms with Crippen molar-refractivity contribution in [3.63, 3.8) is 0 Å². The number of hydrogen-bond acceptors (Lipinski definition) is 4. The van der Waals surface area contributed by atoms with Gasteiger partial charge in [-0.25, -0.2) is 4.79 Å². The quantitative estimate of drug-likeness (QED) is 0.485. The van der Waals surface area contributed by atoms with E-state index in [4.69, 9.17) is 9.47 Å². The summed E-state index contributed by atoms with van der Waals surface area (Å²) in [4.78, 5) is 12.1. The molecule has 2 aliphatic carbocycles. The van der Waals surface area contributed by atoms with E-state index in [1.165, 1.54) is 14.2 Å². The maximum atomic E-state index is 12.1. The zero-order valence-corrected chi connectivity index (χ0v) is 11.4. The van der Waals surface area contributed by atoms with Gasteiger partial charge in [0.1, 0.15) is 0 Å². The molecule has 0 unspecified atom stereocenters. The first-order valence-corrected chi connectivity index (χ1v) is 6.19. The molecule has 0 saturated carbocycles. The van der Waals surface area contributed by atoms with E-state index in [0.717, 1.165) is 0 Å². The zero-order chi connectivity index (χ0) is 14.5. The van der Waals surface area contributed by atoms with Gasteiger partial charge in [-0.15, -0.1) is 0 Å². The van der Waals surface area contributed by atoms with Gasteiger partial charge in [-0.3, -0.25) is 0 Å². The van der Waals surface area contributed by atoms with Gasteiger partial charge in [0.2, 0.25) is 0 Å². The normalized spacial score (nSPS) is 17.6. The molecule has 4 nitrogen and oxygen atoms in total. The van der Waals surface area contributed by atoms with E-state index in [9.17, 15) is 9.90 Å². The molecule has 0 aromatic carbocycles. The molecule has 104 valence electrons. The molecule has 2 rings (SSSR count). The molecule has 0 fully saturated rings. The smallest absolute Gasteiger partial charge is 0.339 e. The van der Waals surface area contributed by atoms with Crippen molar-refractivity contribution >= 4 is 5.97 Å². The molecular formula is C16H16O4. The van der Waals surface area contributed by atoms with Crippen LogP contribution >= 0.6 is 0 Å². The lowest BCUT2D eigenvalue weighted by Gasteiger charge is -2.17. The fourth-order valence-corrected chi connectivity index (χ4v) is 2.18. The number of aliphatic hydroxyl groups is 1. The van der Waals surface area contributed by atoms with Crippen LogP contribution in [-0.4, -0.2) is 25.3 Å². The average molecular weight is 272 g/mol. The molecule has 0 bridgehead atoms. The Hall–Kier alpha value is -2.49. The van der Waals surface area contributed by atoms with Gasteiger partial charge in [0.25, 0.3) is 5.95 Å². The van der Waals surface area contributed by atoms with E-state index in [1.54, 1.807) is 12.2 Å². The van der Waals surface area contributed by atoms with Crippen LogP contribution in [0.3, 0.4) is 0 Å². The number of hydrogen-bond donors (Lipinski definition) is 1. The molecule has 0 atom stereocenters. The third-order valence-electron chi connectivity index (χ3n) is 3.12. The fraction of sp³-hybridized carbons (Fsp3) is 0.188. The van der Waals surface area contributed by atoms with Crippen LogP contribution in [0, 0.1) is 5.92 Å². The van der Waals surface area contributed by atoms with Gasteiger partial charge in [-0.1, -0.05) is 48.6 Å². The van der Waals surface area contributed by atoms with Crippen molar-refractivity contribution in [1.82, 2.24) is 0 Å². The van der Waals surface area contributed by atoms with Crippen LogP contribution in [0.15, 0.2) is 71.3 Å². The van der Waals surface area contributed by atoms with Crippen molar-refractivity contribution in [1.29, 1.82) is 0 Å². The SMILES string of the molecule is COC(=O)C(=C1C=CC=C1)C(=C(O)OC)C1C=CC=C1. The fourth-order valence-electron chi connectivity index (χ4n) is 2.18. The molecular weight excluding hydrogens is 256 g/mol. The van der Waals surface area contributed by atoms with Gasteiger partial charge in [0.15, 0.2) is 0 Å². The van der Waals surface area contributed by atoms with Crippen molar-refractivity contribution in [3.05, 3.63) is 71.3 Å². The van der Waals surface area contributed by atoms with Crippen LogP contribution < -0.4 is 0 Å². The molecule has 1 N–H and O–H groups in total. The third-order valence-corrected chi connectivity index (χ3v) is 3.12. The first-order valence-electron chi connectivity index (χ1n) is 6.19. The van der Waals surface area contributed by atoms with Crippen molar-refractivity contribution in [2.24, 2.45) is 5.92 Å². The number of carbonyl (C=O) groups is 1. The second-order valence-corrected chi connectivity index (χ2v) is 4.26. The second-order valence-electron chi connectivity index (χ2n) is 4.26. The van der Waals surface area contributed by atoms with Gasteiger partial charge < -0.3 is 14.6 Å². The molecule has 0 heterocycles. The van der Waals surface area contributed by atoms with Crippen LogP contribution in [0.5, 0.6) is 0 Å². The van der Waals surface area contributed by atoms with Crippen LogP contribution in [0.25, 0.3) is 0 Å². The minimum atomic E-state index is -0.511. The summed E-state index contributed by atoms with van der Waals surface area (Å²) < 4.78 is 9.78. The van der Waals surface area contributed by atoms with Crippen LogP contribution in [0.1, 0.15) is 0 Å². The summed E-state index contributed by atoms with van der Waals surface area (Å²) in [5.74, 6) is -1.02. The Labute approximate surface area is 117 Å². The van der Waals surface area contributed by atoms with Gasteiger partial charge in [-0.2, -0.15) is 0 Å². The number of rotatable bonds is 4. The molecule has 0 spiro atoms. The lowest BCUT2D eigenvalue weighted by atomic mass is 9.90. The van der Waals surface area contributed by atoms with Crippen LogP contribution in [0.4, 0.5) is 0 Å². The number of ether oxygens (including phenoxy) is 2. The predicted octanol–water partition coefficient (Wildman–Crippen LogP) is 2.74. The summed E-state index contributed by atoms with van der Waals surface area (Å²) in [6.45, 7) is 0. The number of allylic oxidation sites excluding steroid dienone is 9. The maximum absolute atomic E-state index is 12.1. The molecule has 0 radical (unpaired) electrons. The lowest BCUT2D eigenvalue weighted by molar-refractivity contribution is -0.136. The lowest BCUT2D eigenvalue weighted by Crippen LogP contribution is -2.15. The van der Waals surface area contributed by atoms with Crippen LogP contribution in [0.2, 0.25) is 0 Å². The largest absolute Gasteiger partial charge is 0.481 e. The molecule has 0 amide bonds. The van der Waals surface area contributed by atoms with Crippen molar-refractivity contribution in [2.75, 3.05) is 14.2 Å². The highest BCUT2D eigenvalue weighted by molar-refractivity contribution is 5.96. The minimum absolute atomic E-state index is 0.223. The summed E-state index contributed by atoms with van der Waals surface area (Å²) in [5.41, 5.74) is 1.39. The van der Waals surface area contributed by atoms with E-state index in [2.05, 4.69) is 0 Å². The Bertz CT molecular complexity index is 560. The summed E-state index contributed by atoms with van der Waals surface area (Å²) in [5, 5.41) is 10.1. The predicted molar refractivity (Wildman–Crippen MR) is 75.8 cm³/mol. The molecule has 20 heavy (non-hydrogen) atoms. The van der Waals surface area contributed by atoms with Crippen molar-refractivity contribution in [3.8, 4) is 0 Å². The summed E-state index contributed by atoms with van der Waals surface area (Å²) in [7, 11) is 2.67. The summed E-state index contributed by atoms with van der Waals surface area (Å²) in [6.07, 6.45) is 14.7. The van der Waals surface area contributed by atoms with Gasteiger partial charge >= 0.3 is 5.97 Å². The number of carbonyl (C=O) groups excluding carboxylic acids is 1. The standard InChI is InChI=1S/C16H16O4/c1-19-15(17)13(11-7-3-4-8-11)14(16(18)20-2)12-9-5-6-10-12/h3-11,17H,1-2H3. The Kier molecular flexibility index (Phi) is 4.25. The molecule has 0 aromatic rings. The first-order chi connectivity index (χ1) is 9.69. The van der Waals surface area contributed by atoms with Crippen LogP contribution in [-0.2, 0) is 14.3 Å². The van der Waals surface area contributed by atoms with Gasteiger partial charge in [0, 0.05) is 5.92 Å². The average Bonchev–Trinajstić information content (AvgIpc) is 3.15. The van der Waals surface area contributed by atoms with Crippen molar-refractivity contribution in [2.45, 2.75) is 0 Å². The molecule has 0 aromatic heterocycles. The second kappa shape index (κ2) is 6.10. The molecule has 4 heteroatoms. The number of methoxy groups -OCH3 is 2. The maximum Gasteiger partial charge on any atom is 0.339 e. The number of aliphatic hydroxyl groups excluding tert-OH is 1. The van der Waals surface area contributed by atoms with E-state index >= 15 is 0 Å². The third kappa shape index (κ3) is 2.59. The Balaban J connectivity index is 2.60. The van der Waals surface area contributed by atoms with E-state index in [1.807, 2.05) is 36.5 Å².